The van der Waals surface area contributed by atoms with Crippen LogP contribution in [0.5, 0.6) is 0 Å². The molecule has 130 valence electrons. The van der Waals surface area contributed by atoms with E-state index in [2.05, 4.69) is 15.8 Å². The summed E-state index contributed by atoms with van der Waals surface area (Å²) in [5.74, 6) is -0.319. The van der Waals surface area contributed by atoms with Crippen LogP contribution in [0.4, 0.5) is 11.4 Å². The first-order chi connectivity index (χ1) is 11.9. The molecule has 0 fully saturated rings. The number of hydrogen-bond donors (Lipinski definition) is 2. The number of hydrazone groups is 1. The third-order valence-corrected chi connectivity index (χ3v) is 3.96. The van der Waals surface area contributed by atoms with Crippen molar-refractivity contribution >= 4 is 34.6 Å². The Kier molecular flexibility index (Phi) is 6.08. The number of nitrogens with one attached hydrogen (secondary N) is 2. The second-order valence-corrected chi connectivity index (χ2v) is 5.71. The molecule has 0 spiro atoms. The van der Waals surface area contributed by atoms with Crippen LogP contribution in [0.3, 0.4) is 0 Å². The Morgan fingerprint density at radius 3 is 2.56 bits per heavy atom. The third-order valence-electron chi connectivity index (χ3n) is 3.55. The molecule has 0 aliphatic heterocycles. The van der Waals surface area contributed by atoms with Gasteiger partial charge >= 0.3 is 0 Å². The van der Waals surface area contributed by atoms with Crippen LogP contribution < -0.4 is 10.7 Å². The molecular formula is C17H17ClN4O3. The Morgan fingerprint density at radius 2 is 1.92 bits per heavy atom. The summed E-state index contributed by atoms with van der Waals surface area (Å²) in [6.07, 6.45) is 0. The van der Waals surface area contributed by atoms with Gasteiger partial charge < -0.3 is 5.32 Å². The standard InChI is InChI=1S/C17H17ClN4O3/c1-11-15(18)4-3-5-16(11)19-10-17(23)21-20-12(2)13-6-8-14(9-7-13)22(24)25/h3-9,19H,10H2,1-2H3,(H,21,23)/b20-12+. The topological polar surface area (TPSA) is 96.6 Å². The summed E-state index contributed by atoms with van der Waals surface area (Å²) < 4.78 is 0. The predicted octanol–water partition coefficient (Wildman–Crippen LogP) is 3.51. The summed E-state index contributed by atoms with van der Waals surface area (Å²) in [4.78, 5) is 22.1. The fraction of sp³-hybridized carbons (Fsp3) is 0.176. The van der Waals surface area contributed by atoms with Gasteiger partial charge in [0.05, 0.1) is 17.2 Å². The van der Waals surface area contributed by atoms with E-state index in [0.717, 1.165) is 11.3 Å². The molecule has 2 N–H and O–H groups in total. The average molecular weight is 361 g/mol. The number of anilines is 1. The summed E-state index contributed by atoms with van der Waals surface area (Å²) in [7, 11) is 0. The molecule has 0 aliphatic carbocycles. The molecule has 1 amide bonds. The van der Waals surface area contributed by atoms with Crippen molar-refractivity contribution < 1.29 is 9.72 Å². The lowest BCUT2D eigenvalue weighted by Crippen LogP contribution is -2.27. The van der Waals surface area contributed by atoms with Crippen molar-refractivity contribution in [2.45, 2.75) is 13.8 Å². The fourth-order valence-electron chi connectivity index (χ4n) is 2.05. The Morgan fingerprint density at radius 1 is 1.24 bits per heavy atom. The van der Waals surface area contributed by atoms with Gasteiger partial charge in [0.1, 0.15) is 0 Å². The van der Waals surface area contributed by atoms with E-state index in [1.54, 1.807) is 31.2 Å². The van der Waals surface area contributed by atoms with Gasteiger partial charge in [0.15, 0.2) is 0 Å². The molecule has 0 atom stereocenters. The summed E-state index contributed by atoms with van der Waals surface area (Å²) in [6, 6.07) is 11.3. The van der Waals surface area contributed by atoms with Gasteiger partial charge in [-0.1, -0.05) is 17.7 Å². The maximum atomic E-state index is 11.9. The zero-order valence-corrected chi connectivity index (χ0v) is 14.5. The van der Waals surface area contributed by atoms with Gasteiger partial charge in [0.25, 0.3) is 11.6 Å². The van der Waals surface area contributed by atoms with Crippen LogP contribution in [-0.4, -0.2) is 23.1 Å². The average Bonchev–Trinajstić information content (AvgIpc) is 2.61. The molecule has 0 radical (unpaired) electrons. The molecule has 0 bridgehead atoms. The Bertz CT molecular complexity index is 819. The van der Waals surface area contributed by atoms with Gasteiger partial charge in [0.2, 0.25) is 0 Å². The van der Waals surface area contributed by atoms with Gasteiger partial charge in [0, 0.05) is 22.8 Å². The first-order valence-electron chi connectivity index (χ1n) is 7.45. The van der Waals surface area contributed by atoms with Crippen LogP contribution in [0, 0.1) is 17.0 Å². The van der Waals surface area contributed by atoms with Crippen molar-refractivity contribution in [2.75, 3.05) is 11.9 Å². The maximum absolute atomic E-state index is 11.9. The number of amides is 1. The molecule has 2 aromatic carbocycles. The molecule has 0 aromatic heterocycles. The van der Waals surface area contributed by atoms with Crippen LogP contribution in [-0.2, 0) is 4.79 Å². The summed E-state index contributed by atoms with van der Waals surface area (Å²) in [5.41, 5.74) is 5.31. The maximum Gasteiger partial charge on any atom is 0.269 e. The number of carbonyl (C=O) groups is 1. The highest BCUT2D eigenvalue weighted by molar-refractivity contribution is 6.31. The van der Waals surface area contributed by atoms with Crippen LogP contribution in [0.1, 0.15) is 18.1 Å². The number of hydrogen-bond acceptors (Lipinski definition) is 5. The third kappa shape index (κ3) is 5.02. The normalized spacial score (nSPS) is 11.1. The molecule has 2 rings (SSSR count). The van der Waals surface area contributed by atoms with E-state index >= 15 is 0 Å². The minimum absolute atomic E-state index is 0.00155. The van der Waals surface area contributed by atoms with Gasteiger partial charge in [-0.15, -0.1) is 0 Å². The second-order valence-electron chi connectivity index (χ2n) is 5.30. The van der Waals surface area contributed by atoms with Crippen molar-refractivity contribution in [2.24, 2.45) is 5.10 Å². The highest BCUT2D eigenvalue weighted by Gasteiger charge is 2.07. The molecule has 0 unspecified atom stereocenters. The zero-order valence-electron chi connectivity index (χ0n) is 13.7. The number of benzene rings is 2. The molecular weight excluding hydrogens is 344 g/mol. The molecule has 7 nitrogen and oxygen atoms in total. The van der Waals surface area contributed by atoms with Gasteiger partial charge in [-0.25, -0.2) is 5.43 Å². The number of non-ortho nitro benzene ring substituents is 1. The highest BCUT2D eigenvalue weighted by atomic mass is 35.5. The first kappa shape index (κ1) is 18.4. The second kappa shape index (κ2) is 8.25. The number of nitro groups is 1. The van der Waals surface area contributed by atoms with E-state index in [1.807, 2.05) is 13.0 Å². The molecule has 0 heterocycles. The van der Waals surface area contributed by atoms with Gasteiger partial charge in [-0.3, -0.25) is 14.9 Å². The number of halogens is 1. The molecule has 0 aliphatic rings. The van der Waals surface area contributed by atoms with Crippen LogP contribution in [0.25, 0.3) is 0 Å². The largest absolute Gasteiger partial charge is 0.376 e. The summed E-state index contributed by atoms with van der Waals surface area (Å²) >= 11 is 6.03. The minimum Gasteiger partial charge on any atom is -0.376 e. The zero-order chi connectivity index (χ0) is 18.4. The van der Waals surface area contributed by atoms with Crippen LogP contribution in [0.2, 0.25) is 5.02 Å². The quantitative estimate of drug-likeness (QED) is 0.468. The number of rotatable bonds is 6. The number of nitro benzene ring substituents is 1. The van der Waals surface area contributed by atoms with E-state index in [0.29, 0.717) is 16.3 Å². The van der Waals surface area contributed by atoms with Gasteiger partial charge in [-0.2, -0.15) is 5.10 Å². The van der Waals surface area contributed by atoms with E-state index in [4.69, 9.17) is 11.6 Å². The Hall–Kier alpha value is -2.93. The smallest absolute Gasteiger partial charge is 0.269 e. The predicted molar refractivity (Wildman–Crippen MR) is 98.1 cm³/mol. The van der Waals surface area contributed by atoms with Crippen LogP contribution in [0.15, 0.2) is 47.6 Å². The van der Waals surface area contributed by atoms with Crippen molar-refractivity contribution in [1.29, 1.82) is 0 Å². The van der Waals surface area contributed by atoms with Crippen molar-refractivity contribution in [1.82, 2.24) is 5.43 Å². The first-order valence-corrected chi connectivity index (χ1v) is 7.83. The van der Waals surface area contributed by atoms with E-state index < -0.39 is 4.92 Å². The molecule has 0 saturated carbocycles. The minimum atomic E-state index is -0.471. The fourth-order valence-corrected chi connectivity index (χ4v) is 2.22. The number of carbonyl (C=O) groups excluding carboxylic acids is 1. The Balaban J connectivity index is 1.92. The molecule has 2 aromatic rings. The molecule has 25 heavy (non-hydrogen) atoms. The van der Waals surface area contributed by atoms with E-state index in [9.17, 15) is 14.9 Å². The lowest BCUT2D eigenvalue weighted by Gasteiger charge is -2.09. The van der Waals surface area contributed by atoms with Gasteiger partial charge in [-0.05, 0) is 49.2 Å². The Labute approximate surface area is 149 Å². The SMILES string of the molecule is C/C(=N\NC(=O)CNc1cccc(Cl)c1C)c1ccc([N+](=O)[O-])cc1. The molecule has 8 heteroatoms. The monoisotopic (exact) mass is 360 g/mol. The summed E-state index contributed by atoms with van der Waals surface area (Å²) in [5, 5.41) is 18.3. The van der Waals surface area contributed by atoms with E-state index in [1.165, 1.54) is 12.1 Å². The van der Waals surface area contributed by atoms with Crippen molar-refractivity contribution in [3.63, 3.8) is 0 Å². The van der Waals surface area contributed by atoms with E-state index in [-0.39, 0.29) is 18.1 Å². The number of nitrogens with zero attached hydrogens (tertiary/aromatic N) is 2. The lowest BCUT2D eigenvalue weighted by atomic mass is 10.1. The van der Waals surface area contributed by atoms with Crippen LogP contribution >= 0.6 is 11.6 Å². The highest BCUT2D eigenvalue weighted by Crippen LogP contribution is 2.22. The lowest BCUT2D eigenvalue weighted by molar-refractivity contribution is -0.384. The van der Waals surface area contributed by atoms with Crippen molar-refractivity contribution in [3.05, 3.63) is 68.7 Å². The van der Waals surface area contributed by atoms with Crippen molar-refractivity contribution in [3.8, 4) is 0 Å². The summed E-state index contributed by atoms with van der Waals surface area (Å²) in [6.45, 7) is 3.60. The molecule has 0 saturated heterocycles.